The predicted octanol–water partition coefficient (Wildman–Crippen LogP) is 1.24. The van der Waals surface area contributed by atoms with Crippen LogP contribution in [0.5, 0.6) is 0 Å². The first-order valence-corrected chi connectivity index (χ1v) is 7.42. The van der Waals surface area contributed by atoms with Gasteiger partial charge in [0.25, 0.3) is 0 Å². The van der Waals surface area contributed by atoms with Crippen LogP contribution in [0.3, 0.4) is 0 Å². The fraction of sp³-hybridized carbons (Fsp3) is 0.417. The van der Waals surface area contributed by atoms with Crippen molar-refractivity contribution in [3.05, 3.63) is 29.8 Å². The molecule has 1 heterocycles. The van der Waals surface area contributed by atoms with Gasteiger partial charge in [-0.1, -0.05) is 18.2 Å². The van der Waals surface area contributed by atoms with E-state index >= 15 is 0 Å². The van der Waals surface area contributed by atoms with E-state index in [1.54, 1.807) is 24.3 Å². The summed E-state index contributed by atoms with van der Waals surface area (Å²) in [5.41, 5.74) is 1.04. The van der Waals surface area contributed by atoms with Crippen LogP contribution in [0.1, 0.15) is 18.4 Å². The second-order valence-electron chi connectivity index (χ2n) is 4.29. The normalized spacial score (nSPS) is 18.6. The number of benzene rings is 1. The van der Waals surface area contributed by atoms with Crippen LogP contribution in [0.4, 0.5) is 5.69 Å². The van der Waals surface area contributed by atoms with Crippen molar-refractivity contribution in [3.63, 3.8) is 0 Å². The Balaban J connectivity index is 2.40. The highest BCUT2D eigenvalue weighted by Gasteiger charge is 2.27. The molecule has 0 bridgehead atoms. The van der Waals surface area contributed by atoms with Gasteiger partial charge in [0.05, 0.1) is 17.9 Å². The lowest BCUT2D eigenvalue weighted by Gasteiger charge is -2.29. The largest absolute Gasteiger partial charge is 0.481 e. The second kappa shape index (κ2) is 4.97. The molecule has 0 aromatic heterocycles. The predicted molar refractivity (Wildman–Crippen MR) is 68.1 cm³/mol. The van der Waals surface area contributed by atoms with Gasteiger partial charge in [-0.15, -0.1) is 0 Å². The van der Waals surface area contributed by atoms with Gasteiger partial charge in [-0.2, -0.15) is 0 Å². The quantitative estimate of drug-likeness (QED) is 0.896. The van der Waals surface area contributed by atoms with Gasteiger partial charge in [0.2, 0.25) is 10.0 Å². The number of hydrogen-bond donors (Lipinski definition) is 1. The summed E-state index contributed by atoms with van der Waals surface area (Å²) in [6.45, 7) is 0.430. The zero-order chi connectivity index (χ0) is 13.2. The maximum absolute atomic E-state index is 12.0. The van der Waals surface area contributed by atoms with E-state index in [4.69, 9.17) is 5.11 Å². The molecule has 18 heavy (non-hydrogen) atoms. The molecule has 1 aromatic carbocycles. The summed E-state index contributed by atoms with van der Waals surface area (Å²) in [6, 6.07) is 6.78. The van der Waals surface area contributed by atoms with Gasteiger partial charge in [0, 0.05) is 6.54 Å². The molecule has 1 saturated heterocycles. The molecular weight excluding hydrogens is 254 g/mol. The number of nitrogens with zero attached hydrogens (tertiary/aromatic N) is 1. The number of aliphatic carboxylic acids is 1. The molecule has 1 aliphatic heterocycles. The first-order chi connectivity index (χ1) is 8.50. The van der Waals surface area contributed by atoms with E-state index < -0.39 is 16.0 Å². The van der Waals surface area contributed by atoms with Crippen LogP contribution in [0.2, 0.25) is 0 Å². The number of rotatable bonds is 3. The lowest BCUT2D eigenvalue weighted by atomic mass is 10.1. The zero-order valence-electron chi connectivity index (χ0n) is 9.87. The third-order valence-electron chi connectivity index (χ3n) is 2.95. The summed E-state index contributed by atoms with van der Waals surface area (Å²) in [5, 5.41) is 8.85. The lowest BCUT2D eigenvalue weighted by Crippen LogP contribution is -2.38. The van der Waals surface area contributed by atoms with E-state index in [0.717, 1.165) is 6.42 Å². The Morgan fingerprint density at radius 3 is 2.67 bits per heavy atom. The standard InChI is InChI=1S/C12H15NO4S/c14-12(15)9-10-5-1-2-6-11(10)13-7-3-4-8-18(13,16)17/h1-2,5-6H,3-4,7-9H2,(H,14,15). The molecule has 0 unspecified atom stereocenters. The van der Waals surface area contributed by atoms with Crippen molar-refractivity contribution in [1.29, 1.82) is 0 Å². The topological polar surface area (TPSA) is 74.7 Å². The zero-order valence-corrected chi connectivity index (χ0v) is 10.7. The summed E-state index contributed by atoms with van der Waals surface area (Å²) in [6.07, 6.45) is 1.31. The van der Waals surface area contributed by atoms with Crippen molar-refractivity contribution >= 4 is 21.7 Å². The molecule has 6 heteroatoms. The molecule has 0 spiro atoms. The highest BCUT2D eigenvalue weighted by molar-refractivity contribution is 7.92. The van der Waals surface area contributed by atoms with E-state index in [1.165, 1.54) is 4.31 Å². The SMILES string of the molecule is O=C(O)Cc1ccccc1N1CCCCS1(=O)=O. The van der Waals surface area contributed by atoms with Gasteiger partial charge in [0.15, 0.2) is 0 Å². The summed E-state index contributed by atoms with van der Waals surface area (Å²) in [7, 11) is -3.29. The lowest BCUT2D eigenvalue weighted by molar-refractivity contribution is -0.136. The third-order valence-corrected chi connectivity index (χ3v) is 4.81. The Morgan fingerprint density at radius 1 is 1.28 bits per heavy atom. The van der Waals surface area contributed by atoms with Crippen LogP contribution in [-0.2, 0) is 21.2 Å². The maximum Gasteiger partial charge on any atom is 0.307 e. The number of sulfonamides is 1. The highest BCUT2D eigenvalue weighted by Crippen LogP contribution is 2.27. The van der Waals surface area contributed by atoms with Gasteiger partial charge in [0.1, 0.15) is 0 Å². The number of hydrogen-bond acceptors (Lipinski definition) is 3. The molecule has 5 nitrogen and oxygen atoms in total. The molecule has 0 aliphatic carbocycles. The van der Waals surface area contributed by atoms with Gasteiger partial charge in [-0.25, -0.2) is 8.42 Å². The van der Waals surface area contributed by atoms with Crippen molar-refractivity contribution in [2.45, 2.75) is 19.3 Å². The first kappa shape index (κ1) is 12.9. The van der Waals surface area contributed by atoms with Gasteiger partial charge < -0.3 is 5.11 Å². The molecular formula is C12H15NO4S. The van der Waals surface area contributed by atoms with Crippen molar-refractivity contribution in [1.82, 2.24) is 0 Å². The Bertz CT molecular complexity index is 553. The van der Waals surface area contributed by atoms with Crippen LogP contribution >= 0.6 is 0 Å². The molecule has 0 amide bonds. The minimum Gasteiger partial charge on any atom is -0.481 e. The molecule has 1 fully saturated rings. The van der Waals surface area contributed by atoms with Crippen LogP contribution in [0, 0.1) is 0 Å². The van der Waals surface area contributed by atoms with Crippen LogP contribution in [0.25, 0.3) is 0 Å². The Kier molecular flexibility index (Phi) is 3.56. The van der Waals surface area contributed by atoms with Crippen molar-refractivity contribution in [2.24, 2.45) is 0 Å². The van der Waals surface area contributed by atoms with Crippen LogP contribution < -0.4 is 4.31 Å². The molecule has 0 saturated carbocycles. The number of carbonyl (C=O) groups is 1. The van der Waals surface area contributed by atoms with Gasteiger partial charge in [-0.05, 0) is 24.5 Å². The van der Waals surface area contributed by atoms with E-state index in [9.17, 15) is 13.2 Å². The van der Waals surface area contributed by atoms with Crippen LogP contribution in [0.15, 0.2) is 24.3 Å². The molecule has 1 aromatic rings. The minimum absolute atomic E-state index is 0.133. The number of para-hydroxylation sites is 1. The second-order valence-corrected chi connectivity index (χ2v) is 6.31. The molecule has 1 N–H and O–H groups in total. The average molecular weight is 269 g/mol. The van der Waals surface area contributed by atoms with Gasteiger partial charge in [-0.3, -0.25) is 9.10 Å². The summed E-state index contributed by atoms with van der Waals surface area (Å²) >= 11 is 0. The van der Waals surface area contributed by atoms with Crippen molar-refractivity contribution in [3.8, 4) is 0 Å². The number of carboxylic acids is 1. The average Bonchev–Trinajstić information content (AvgIpc) is 2.29. The maximum atomic E-state index is 12.0. The van der Waals surface area contributed by atoms with Crippen LogP contribution in [-0.4, -0.2) is 31.8 Å². The van der Waals surface area contributed by atoms with E-state index in [-0.39, 0.29) is 12.2 Å². The molecule has 0 radical (unpaired) electrons. The Morgan fingerprint density at radius 2 is 2.00 bits per heavy atom. The number of anilines is 1. The highest BCUT2D eigenvalue weighted by atomic mass is 32.2. The molecule has 1 aliphatic rings. The Labute approximate surface area is 106 Å². The summed E-state index contributed by atoms with van der Waals surface area (Å²) in [4.78, 5) is 10.8. The Hall–Kier alpha value is -1.56. The van der Waals surface area contributed by atoms with Crippen molar-refractivity contribution < 1.29 is 18.3 Å². The fourth-order valence-corrected chi connectivity index (χ4v) is 3.80. The molecule has 0 atom stereocenters. The van der Waals surface area contributed by atoms with Gasteiger partial charge >= 0.3 is 5.97 Å². The van der Waals surface area contributed by atoms with E-state index in [2.05, 4.69) is 0 Å². The molecule has 98 valence electrons. The minimum atomic E-state index is -3.29. The smallest absolute Gasteiger partial charge is 0.307 e. The summed E-state index contributed by atoms with van der Waals surface area (Å²) in [5.74, 6) is -0.828. The number of carboxylic acid groups (broad SMARTS) is 1. The van der Waals surface area contributed by atoms with E-state index in [0.29, 0.717) is 24.2 Å². The molecule has 2 rings (SSSR count). The third kappa shape index (κ3) is 2.64. The fourth-order valence-electron chi connectivity index (χ4n) is 2.13. The monoisotopic (exact) mass is 269 g/mol. The van der Waals surface area contributed by atoms with E-state index in [1.807, 2.05) is 0 Å². The first-order valence-electron chi connectivity index (χ1n) is 5.81. The van der Waals surface area contributed by atoms with Crippen molar-refractivity contribution in [2.75, 3.05) is 16.6 Å². The summed E-state index contributed by atoms with van der Waals surface area (Å²) < 4.78 is 25.3.